The Bertz CT molecular complexity index is 1420. The number of carbonyl (C=O) groups is 1. The predicted molar refractivity (Wildman–Crippen MR) is 167 cm³/mol. The van der Waals surface area contributed by atoms with Crippen molar-refractivity contribution in [2.45, 2.75) is 97.6 Å². The van der Waals surface area contributed by atoms with Gasteiger partial charge in [0.1, 0.15) is 5.60 Å². The second kappa shape index (κ2) is 12.0. The van der Waals surface area contributed by atoms with Crippen LogP contribution in [0.25, 0.3) is 26.9 Å². The van der Waals surface area contributed by atoms with Gasteiger partial charge in [-0.1, -0.05) is 50.2 Å². The summed E-state index contributed by atoms with van der Waals surface area (Å²) in [5, 5.41) is 5.64. The molecule has 0 saturated carbocycles. The maximum atomic E-state index is 12.4. The third kappa shape index (κ3) is 7.38. The highest BCUT2D eigenvalue weighted by Gasteiger charge is 2.37. The Kier molecular flexibility index (Phi) is 9.00. The smallest absolute Gasteiger partial charge is 0.410 e. The van der Waals surface area contributed by atoms with Crippen LogP contribution in [0.5, 0.6) is 0 Å². The molecule has 1 saturated heterocycles. The lowest BCUT2D eigenvalue weighted by molar-refractivity contribution is 0.0181. The number of piperidine rings is 1. The van der Waals surface area contributed by atoms with Crippen molar-refractivity contribution in [1.29, 1.82) is 0 Å². The first-order chi connectivity index (χ1) is 19.2. The van der Waals surface area contributed by atoms with E-state index in [0.29, 0.717) is 18.2 Å². The van der Waals surface area contributed by atoms with Gasteiger partial charge in [-0.3, -0.25) is 0 Å². The van der Waals surface area contributed by atoms with Crippen LogP contribution in [0.3, 0.4) is 0 Å². The van der Waals surface area contributed by atoms with Crippen LogP contribution in [-0.2, 0) is 22.2 Å². The Morgan fingerprint density at radius 3 is 2.46 bits per heavy atom. The molecule has 1 aliphatic rings. The standard InChI is InChI=1S/C33H45N3O4Si/c1-32(2,3)39-31(37)36-19-17-23(18-20-36)13-16-29-27-15-14-26(24-11-10-12-25(21-24)34-7)28(30(27)40-35-29)22-38-41(8,9)33(4,5)6/h10-12,14-15,21,23H,13,16-20,22H2,1-6,8-9H3. The summed E-state index contributed by atoms with van der Waals surface area (Å²) in [7, 11) is -2.02. The molecule has 0 N–H and O–H groups in total. The van der Waals surface area contributed by atoms with Gasteiger partial charge in [0.25, 0.3) is 0 Å². The average molecular weight is 576 g/mol. The third-order valence-electron chi connectivity index (χ3n) is 8.54. The molecule has 220 valence electrons. The van der Waals surface area contributed by atoms with Crippen molar-refractivity contribution >= 4 is 31.1 Å². The average Bonchev–Trinajstić information content (AvgIpc) is 3.32. The van der Waals surface area contributed by atoms with E-state index in [9.17, 15) is 4.79 Å². The van der Waals surface area contributed by atoms with Crippen molar-refractivity contribution in [3.63, 3.8) is 0 Å². The summed E-state index contributed by atoms with van der Waals surface area (Å²) in [6.07, 6.45) is 3.52. The molecule has 1 amide bonds. The van der Waals surface area contributed by atoms with E-state index in [1.807, 2.05) is 49.9 Å². The van der Waals surface area contributed by atoms with Gasteiger partial charge in [0.05, 0.1) is 18.9 Å². The summed E-state index contributed by atoms with van der Waals surface area (Å²) in [5.41, 5.74) is 4.83. The van der Waals surface area contributed by atoms with Gasteiger partial charge in [0.15, 0.2) is 19.6 Å². The van der Waals surface area contributed by atoms with Crippen molar-refractivity contribution in [2.75, 3.05) is 13.1 Å². The molecule has 0 radical (unpaired) electrons. The zero-order valence-electron chi connectivity index (χ0n) is 26.0. The highest BCUT2D eigenvalue weighted by atomic mass is 28.4. The Labute approximate surface area is 246 Å². The third-order valence-corrected chi connectivity index (χ3v) is 13.0. The summed E-state index contributed by atoms with van der Waals surface area (Å²) < 4.78 is 18.3. The molecule has 1 aliphatic heterocycles. The molecule has 41 heavy (non-hydrogen) atoms. The number of nitrogens with zero attached hydrogens (tertiary/aromatic N) is 3. The maximum Gasteiger partial charge on any atom is 0.410 e. The van der Waals surface area contributed by atoms with Gasteiger partial charge >= 0.3 is 6.09 Å². The number of hydrogen-bond donors (Lipinski definition) is 0. The molecule has 0 bridgehead atoms. The molecule has 4 rings (SSSR count). The van der Waals surface area contributed by atoms with Crippen LogP contribution in [0.2, 0.25) is 18.1 Å². The van der Waals surface area contributed by atoms with Crippen LogP contribution in [-0.4, -0.2) is 43.2 Å². The van der Waals surface area contributed by atoms with Crippen LogP contribution in [0.1, 0.15) is 72.1 Å². The number of carbonyl (C=O) groups excluding carboxylic acids is 1. The van der Waals surface area contributed by atoms with E-state index in [-0.39, 0.29) is 11.1 Å². The number of amides is 1. The molecule has 7 nitrogen and oxygen atoms in total. The van der Waals surface area contributed by atoms with Gasteiger partial charge < -0.3 is 18.6 Å². The largest absolute Gasteiger partial charge is 0.444 e. The molecule has 0 spiro atoms. The van der Waals surface area contributed by atoms with Crippen LogP contribution in [0.4, 0.5) is 10.5 Å². The fourth-order valence-corrected chi connectivity index (χ4v) is 5.93. The molecule has 0 aliphatic carbocycles. The van der Waals surface area contributed by atoms with Crippen molar-refractivity contribution in [1.82, 2.24) is 10.1 Å². The molecule has 0 atom stereocenters. The fraction of sp³-hybridized carbons (Fsp3) is 0.545. The second-order valence-corrected chi connectivity index (χ2v) is 18.6. The monoisotopic (exact) mass is 575 g/mol. The van der Waals surface area contributed by atoms with Gasteiger partial charge in [-0.2, -0.15) is 0 Å². The summed E-state index contributed by atoms with van der Waals surface area (Å²) in [5.74, 6) is 0.525. The Hall–Kier alpha value is -3.15. The number of ether oxygens (including phenoxy) is 1. The molecule has 2 heterocycles. The normalized spacial score (nSPS) is 15.2. The number of rotatable bonds is 7. The second-order valence-electron chi connectivity index (χ2n) is 13.8. The first-order valence-electron chi connectivity index (χ1n) is 14.7. The van der Waals surface area contributed by atoms with E-state index >= 15 is 0 Å². The van der Waals surface area contributed by atoms with Crippen LogP contribution < -0.4 is 0 Å². The Balaban J connectivity index is 1.54. The summed E-state index contributed by atoms with van der Waals surface area (Å²) in [4.78, 5) is 17.9. The van der Waals surface area contributed by atoms with Gasteiger partial charge in [-0.15, -0.1) is 0 Å². The van der Waals surface area contributed by atoms with Crippen molar-refractivity contribution in [3.05, 3.63) is 59.1 Å². The van der Waals surface area contributed by atoms with Gasteiger partial charge in [-0.05, 0) is 93.8 Å². The minimum atomic E-state index is -2.02. The molecule has 3 aromatic rings. The number of aryl methyl sites for hydroxylation is 1. The lowest BCUT2D eigenvalue weighted by atomic mass is 9.91. The predicted octanol–water partition coefficient (Wildman–Crippen LogP) is 9.15. The quantitative estimate of drug-likeness (QED) is 0.207. The fourth-order valence-electron chi connectivity index (χ4n) is 4.99. The van der Waals surface area contributed by atoms with Crippen LogP contribution in [0, 0.1) is 12.5 Å². The van der Waals surface area contributed by atoms with Gasteiger partial charge in [0.2, 0.25) is 0 Å². The molecule has 8 heteroatoms. The summed E-state index contributed by atoms with van der Waals surface area (Å²) >= 11 is 0. The summed E-state index contributed by atoms with van der Waals surface area (Å²) in [6.45, 7) is 26.3. The number of fused-ring (bicyclic) bond motifs is 1. The number of hydrogen-bond acceptors (Lipinski definition) is 5. The van der Waals surface area contributed by atoms with E-state index in [2.05, 4.69) is 56.0 Å². The highest BCUT2D eigenvalue weighted by molar-refractivity contribution is 6.74. The Morgan fingerprint density at radius 1 is 1.12 bits per heavy atom. The van der Waals surface area contributed by atoms with E-state index in [1.165, 1.54) is 0 Å². The Morgan fingerprint density at radius 2 is 1.83 bits per heavy atom. The summed E-state index contributed by atoms with van der Waals surface area (Å²) in [6, 6.07) is 11.9. The van der Waals surface area contributed by atoms with Crippen molar-refractivity contribution in [2.24, 2.45) is 5.92 Å². The SMILES string of the molecule is [C-]#[N+]c1cccc(-c2ccc3c(CCC4CCN(C(=O)OC(C)(C)C)CC4)noc3c2CO[Si](C)(C)C(C)(C)C)c1. The number of benzene rings is 2. The molecular formula is C33H45N3O4Si. The zero-order valence-corrected chi connectivity index (χ0v) is 27.0. The van der Waals surface area contributed by atoms with Crippen LogP contribution in [0.15, 0.2) is 40.9 Å². The lowest BCUT2D eigenvalue weighted by Gasteiger charge is -2.36. The first-order valence-corrected chi connectivity index (χ1v) is 17.6. The van der Waals surface area contributed by atoms with Crippen molar-refractivity contribution in [3.8, 4) is 11.1 Å². The van der Waals surface area contributed by atoms with Gasteiger partial charge in [-0.25, -0.2) is 9.64 Å². The highest BCUT2D eigenvalue weighted by Crippen LogP contribution is 2.40. The van der Waals surface area contributed by atoms with E-state index in [0.717, 1.165) is 72.1 Å². The van der Waals surface area contributed by atoms with E-state index in [4.69, 9.17) is 20.3 Å². The lowest BCUT2D eigenvalue weighted by Crippen LogP contribution is -2.41. The number of likely N-dealkylation sites (tertiary alicyclic amines) is 1. The topological polar surface area (TPSA) is 69.2 Å². The minimum absolute atomic E-state index is 0.0801. The molecular weight excluding hydrogens is 530 g/mol. The first kappa shape index (κ1) is 30.8. The van der Waals surface area contributed by atoms with Crippen LogP contribution >= 0.6 is 0 Å². The maximum absolute atomic E-state index is 12.4. The molecule has 0 unspecified atom stereocenters. The molecule has 2 aromatic carbocycles. The zero-order chi connectivity index (χ0) is 30.0. The van der Waals surface area contributed by atoms with E-state index < -0.39 is 13.9 Å². The van der Waals surface area contributed by atoms with Crippen molar-refractivity contribution < 1.29 is 18.5 Å². The van der Waals surface area contributed by atoms with Gasteiger partial charge in [0, 0.05) is 24.0 Å². The van der Waals surface area contributed by atoms with E-state index in [1.54, 1.807) is 0 Å². The molecule has 1 fully saturated rings. The number of aromatic nitrogens is 1. The molecule has 1 aromatic heterocycles. The minimum Gasteiger partial charge on any atom is -0.444 e.